The number of ether oxygens (including phenoxy) is 1. The van der Waals surface area contributed by atoms with Gasteiger partial charge in [0.15, 0.2) is 0 Å². The van der Waals surface area contributed by atoms with Crippen LogP contribution in [0.4, 0.5) is 15.3 Å². The number of nitrogens with two attached hydrogens (primary N) is 2. The minimum Gasteiger partial charge on any atom is -0.445 e. The molecule has 1 aromatic carbocycles. The van der Waals surface area contributed by atoms with Crippen molar-refractivity contribution in [1.29, 1.82) is 0 Å². The van der Waals surface area contributed by atoms with E-state index >= 15 is 0 Å². The van der Waals surface area contributed by atoms with Crippen LogP contribution in [0, 0.1) is 5.92 Å². The van der Waals surface area contributed by atoms with Crippen molar-refractivity contribution in [3.8, 4) is 0 Å². The van der Waals surface area contributed by atoms with E-state index in [1.165, 1.54) is 25.7 Å². The minimum atomic E-state index is -0.846. The number of carbonyl (C=O) groups excluding carboxylic acids is 4. The standard InChI is InChI=1S/C28H46N6O5/c1-19(2)24(29)26(36)34-23(12-9-17-31-27(30)37)25(35)32-22-15-13-20(14-16-22)18-39-28(38)33-21-10-7-5-3-4-6-8-11-21/h13-16,19,21,23-24H,3-12,17-18,29H2,1-2H3,(H,32,35)(H,33,38)(H,34,36)(H3,30,31,37)/t23-,24-/m0/s1. The average Bonchev–Trinajstić information content (AvgIpc) is 3.03. The summed E-state index contributed by atoms with van der Waals surface area (Å²) in [6, 6.07) is 4.85. The molecule has 0 bridgehead atoms. The Morgan fingerprint density at radius 1 is 0.949 bits per heavy atom. The number of alkyl carbamates (subject to hydrolysis) is 1. The number of amides is 5. The second-order valence-corrected chi connectivity index (χ2v) is 10.6. The van der Waals surface area contributed by atoms with Crippen LogP contribution in [-0.2, 0) is 20.9 Å². The molecule has 5 amide bonds. The van der Waals surface area contributed by atoms with Crippen LogP contribution in [-0.4, -0.2) is 48.6 Å². The molecule has 0 aromatic heterocycles. The molecule has 0 radical (unpaired) electrons. The van der Waals surface area contributed by atoms with Gasteiger partial charge in [0.05, 0.1) is 6.04 Å². The Labute approximate surface area is 231 Å². The molecule has 1 aliphatic rings. The van der Waals surface area contributed by atoms with Crippen LogP contribution < -0.4 is 32.7 Å². The van der Waals surface area contributed by atoms with Crippen molar-refractivity contribution in [2.45, 2.75) is 103 Å². The SMILES string of the molecule is CC(C)[C@H](N)C(=O)N[C@@H](CCCNC(N)=O)C(=O)Nc1ccc(COC(=O)NC2CCCCCCCC2)cc1. The number of rotatable bonds is 12. The monoisotopic (exact) mass is 546 g/mol. The second kappa shape index (κ2) is 17.3. The van der Waals surface area contributed by atoms with Gasteiger partial charge in [0.2, 0.25) is 11.8 Å². The summed E-state index contributed by atoms with van der Waals surface area (Å²) in [7, 11) is 0. The second-order valence-electron chi connectivity index (χ2n) is 10.6. The first-order chi connectivity index (χ1) is 18.7. The third-order valence-electron chi connectivity index (χ3n) is 6.89. The summed E-state index contributed by atoms with van der Waals surface area (Å²) in [5.74, 6) is -0.922. The molecule has 0 heterocycles. The Kier molecular flexibility index (Phi) is 14.1. The van der Waals surface area contributed by atoms with Crippen molar-refractivity contribution in [2.24, 2.45) is 17.4 Å². The molecule has 0 unspecified atom stereocenters. The van der Waals surface area contributed by atoms with Gasteiger partial charge in [-0.3, -0.25) is 9.59 Å². The Balaban J connectivity index is 1.87. The Morgan fingerprint density at radius 3 is 2.15 bits per heavy atom. The van der Waals surface area contributed by atoms with Crippen LogP contribution >= 0.6 is 0 Å². The van der Waals surface area contributed by atoms with E-state index in [0.29, 0.717) is 12.1 Å². The molecule has 8 N–H and O–H groups in total. The molecular weight excluding hydrogens is 500 g/mol. The van der Waals surface area contributed by atoms with Crippen molar-refractivity contribution >= 4 is 29.6 Å². The number of benzene rings is 1. The molecule has 1 aliphatic carbocycles. The van der Waals surface area contributed by atoms with Crippen molar-refractivity contribution in [3.05, 3.63) is 29.8 Å². The highest BCUT2D eigenvalue weighted by Gasteiger charge is 2.25. The molecule has 1 aromatic rings. The normalized spacial score (nSPS) is 16.1. The van der Waals surface area contributed by atoms with E-state index in [0.717, 1.165) is 31.2 Å². The first-order valence-corrected chi connectivity index (χ1v) is 14.1. The molecule has 0 aliphatic heterocycles. The lowest BCUT2D eigenvalue weighted by Crippen LogP contribution is -2.51. The zero-order valence-corrected chi connectivity index (χ0v) is 23.3. The van der Waals surface area contributed by atoms with Crippen molar-refractivity contribution < 1.29 is 23.9 Å². The van der Waals surface area contributed by atoms with Gasteiger partial charge >= 0.3 is 12.1 Å². The topological polar surface area (TPSA) is 178 Å². The van der Waals surface area contributed by atoms with Crippen LogP contribution in [0.1, 0.15) is 83.6 Å². The maximum atomic E-state index is 13.0. The highest BCUT2D eigenvalue weighted by molar-refractivity contribution is 5.97. The molecular formula is C28H46N6O5. The van der Waals surface area contributed by atoms with Crippen molar-refractivity contribution in [1.82, 2.24) is 16.0 Å². The average molecular weight is 547 g/mol. The molecule has 11 heteroatoms. The summed E-state index contributed by atoms with van der Waals surface area (Å²) in [5, 5.41) is 11.0. The van der Waals surface area contributed by atoms with E-state index in [4.69, 9.17) is 16.2 Å². The molecule has 218 valence electrons. The number of nitrogens with one attached hydrogen (secondary N) is 4. The van der Waals surface area contributed by atoms with Crippen LogP contribution in [0.15, 0.2) is 24.3 Å². The summed E-state index contributed by atoms with van der Waals surface area (Å²) in [4.78, 5) is 48.7. The van der Waals surface area contributed by atoms with E-state index in [-0.39, 0.29) is 31.5 Å². The predicted molar refractivity (Wildman–Crippen MR) is 151 cm³/mol. The Morgan fingerprint density at radius 2 is 1.56 bits per heavy atom. The number of anilines is 1. The van der Waals surface area contributed by atoms with E-state index in [1.807, 2.05) is 13.8 Å². The van der Waals surface area contributed by atoms with Gasteiger partial charge in [0.1, 0.15) is 12.6 Å². The number of hydrogen-bond donors (Lipinski definition) is 6. The van der Waals surface area contributed by atoms with Gasteiger partial charge in [-0.05, 0) is 49.3 Å². The zero-order valence-electron chi connectivity index (χ0n) is 23.3. The molecule has 39 heavy (non-hydrogen) atoms. The molecule has 1 saturated carbocycles. The summed E-state index contributed by atoms with van der Waals surface area (Å²) in [6.07, 6.45) is 9.46. The van der Waals surface area contributed by atoms with Gasteiger partial charge in [-0.1, -0.05) is 64.5 Å². The maximum Gasteiger partial charge on any atom is 0.407 e. The fourth-order valence-corrected chi connectivity index (χ4v) is 4.41. The number of urea groups is 1. The maximum absolute atomic E-state index is 13.0. The van der Waals surface area contributed by atoms with Gasteiger partial charge in [0, 0.05) is 18.3 Å². The third-order valence-corrected chi connectivity index (χ3v) is 6.89. The molecule has 0 spiro atoms. The smallest absolute Gasteiger partial charge is 0.407 e. The van der Waals surface area contributed by atoms with Crippen molar-refractivity contribution in [3.63, 3.8) is 0 Å². The van der Waals surface area contributed by atoms with Crippen LogP contribution in [0.2, 0.25) is 0 Å². The molecule has 11 nitrogen and oxygen atoms in total. The lowest BCUT2D eigenvalue weighted by atomic mass is 10.0. The van der Waals surface area contributed by atoms with Crippen molar-refractivity contribution in [2.75, 3.05) is 11.9 Å². The summed E-state index contributed by atoms with van der Waals surface area (Å²) < 4.78 is 5.41. The minimum absolute atomic E-state index is 0.0941. The van der Waals surface area contributed by atoms with E-state index < -0.39 is 36.0 Å². The summed E-state index contributed by atoms with van der Waals surface area (Å²) >= 11 is 0. The zero-order chi connectivity index (χ0) is 28.6. The third kappa shape index (κ3) is 12.8. The Bertz CT molecular complexity index is 914. The van der Waals surface area contributed by atoms with Gasteiger partial charge in [-0.15, -0.1) is 0 Å². The molecule has 2 rings (SSSR count). The van der Waals surface area contributed by atoms with Gasteiger partial charge < -0.3 is 37.5 Å². The van der Waals surface area contributed by atoms with Crippen LogP contribution in [0.25, 0.3) is 0 Å². The van der Waals surface area contributed by atoms with Crippen LogP contribution in [0.5, 0.6) is 0 Å². The van der Waals surface area contributed by atoms with E-state index in [1.54, 1.807) is 24.3 Å². The summed E-state index contributed by atoms with van der Waals surface area (Å²) in [6.45, 7) is 4.04. The molecule has 1 fully saturated rings. The largest absolute Gasteiger partial charge is 0.445 e. The fourth-order valence-electron chi connectivity index (χ4n) is 4.41. The predicted octanol–water partition coefficient (Wildman–Crippen LogP) is 3.27. The fraction of sp³-hybridized carbons (Fsp3) is 0.643. The van der Waals surface area contributed by atoms with Gasteiger partial charge in [-0.25, -0.2) is 9.59 Å². The van der Waals surface area contributed by atoms with E-state index in [2.05, 4.69) is 21.3 Å². The van der Waals surface area contributed by atoms with Gasteiger partial charge in [-0.2, -0.15) is 0 Å². The van der Waals surface area contributed by atoms with Gasteiger partial charge in [0.25, 0.3) is 0 Å². The number of primary amides is 1. The molecule has 0 saturated heterocycles. The first-order valence-electron chi connectivity index (χ1n) is 14.1. The number of carbonyl (C=O) groups is 4. The lowest BCUT2D eigenvalue weighted by molar-refractivity contribution is -0.128. The highest BCUT2D eigenvalue weighted by atomic mass is 16.5. The highest BCUT2D eigenvalue weighted by Crippen LogP contribution is 2.17. The molecule has 2 atom stereocenters. The quantitative estimate of drug-likeness (QED) is 0.219. The Hall–Kier alpha value is -3.34. The van der Waals surface area contributed by atoms with E-state index in [9.17, 15) is 19.2 Å². The van der Waals surface area contributed by atoms with Crippen LogP contribution in [0.3, 0.4) is 0 Å². The summed E-state index contributed by atoms with van der Waals surface area (Å²) in [5.41, 5.74) is 12.3. The first kappa shape index (κ1) is 31.9. The lowest BCUT2D eigenvalue weighted by Gasteiger charge is -2.22. The number of hydrogen-bond acceptors (Lipinski definition) is 6.